The molecular formula is C13H15N3O4S. The molecule has 2 amide bonds. The van der Waals surface area contributed by atoms with Crippen LogP contribution in [0.5, 0.6) is 0 Å². The van der Waals surface area contributed by atoms with Gasteiger partial charge in [-0.2, -0.15) is 0 Å². The van der Waals surface area contributed by atoms with Crippen molar-refractivity contribution >= 4 is 29.5 Å². The molecule has 0 aromatic carbocycles. The van der Waals surface area contributed by atoms with Crippen LogP contribution in [0.4, 0.5) is 0 Å². The number of esters is 1. The molecule has 1 N–H and O–H groups in total. The summed E-state index contributed by atoms with van der Waals surface area (Å²) >= 11 is 1.27. The Morgan fingerprint density at radius 1 is 1.52 bits per heavy atom. The van der Waals surface area contributed by atoms with Crippen molar-refractivity contribution in [2.75, 3.05) is 19.4 Å². The normalized spacial score (nSPS) is 18.0. The number of methoxy groups -OCH3 is 1. The molecule has 2 heterocycles. The minimum absolute atomic E-state index is 0.0316. The number of hydrazine groups is 1. The number of hydrogen-bond acceptors (Lipinski definition) is 6. The fourth-order valence-corrected chi connectivity index (χ4v) is 2.62. The average molecular weight is 309 g/mol. The van der Waals surface area contributed by atoms with Gasteiger partial charge in [-0.1, -0.05) is 17.8 Å². The lowest BCUT2D eigenvalue weighted by atomic mass is 10.0. The van der Waals surface area contributed by atoms with E-state index in [9.17, 15) is 14.4 Å². The molecule has 1 aromatic heterocycles. The van der Waals surface area contributed by atoms with E-state index in [1.165, 1.54) is 23.9 Å². The summed E-state index contributed by atoms with van der Waals surface area (Å²) in [7, 11) is 1.26. The molecule has 1 atom stereocenters. The predicted octanol–water partition coefficient (Wildman–Crippen LogP) is 0.226. The topological polar surface area (TPSA) is 88.6 Å². The standard InChI is InChI=1S/C13H15N3O4S/c1-20-13(19)9-6-10(17)15-16(7-9)12(18)8-21-11-4-2-3-5-14-11/h2-5,9H,6-8H2,1H3,(H,15,17)/t9-/m1/s1. The van der Waals surface area contributed by atoms with Crippen LogP contribution in [0.15, 0.2) is 29.4 Å². The summed E-state index contributed by atoms with van der Waals surface area (Å²) in [5.74, 6) is -1.63. The molecular weight excluding hydrogens is 294 g/mol. The smallest absolute Gasteiger partial charge is 0.311 e. The summed E-state index contributed by atoms with van der Waals surface area (Å²) in [6.07, 6.45) is 1.67. The lowest BCUT2D eigenvalue weighted by molar-refractivity contribution is -0.156. The third-order valence-electron chi connectivity index (χ3n) is 2.91. The molecule has 0 unspecified atom stereocenters. The maximum absolute atomic E-state index is 12.1. The molecule has 7 nitrogen and oxygen atoms in total. The molecule has 21 heavy (non-hydrogen) atoms. The summed E-state index contributed by atoms with van der Waals surface area (Å²) in [6, 6.07) is 5.41. The van der Waals surface area contributed by atoms with Crippen molar-refractivity contribution in [1.29, 1.82) is 0 Å². The van der Waals surface area contributed by atoms with Crippen LogP contribution < -0.4 is 5.43 Å². The van der Waals surface area contributed by atoms with E-state index in [4.69, 9.17) is 0 Å². The summed E-state index contributed by atoms with van der Waals surface area (Å²) < 4.78 is 4.62. The van der Waals surface area contributed by atoms with Crippen LogP contribution in [0.1, 0.15) is 6.42 Å². The Labute approximate surface area is 126 Å². The predicted molar refractivity (Wildman–Crippen MR) is 74.9 cm³/mol. The van der Waals surface area contributed by atoms with Crippen LogP contribution in [-0.2, 0) is 19.1 Å². The van der Waals surface area contributed by atoms with Crippen LogP contribution in [-0.4, -0.2) is 47.2 Å². The second kappa shape index (κ2) is 7.07. The number of carbonyl (C=O) groups is 3. The number of hydrogen-bond donors (Lipinski definition) is 1. The Balaban J connectivity index is 1.92. The van der Waals surface area contributed by atoms with Gasteiger partial charge in [0, 0.05) is 12.6 Å². The summed E-state index contributed by atoms with van der Waals surface area (Å²) in [6.45, 7) is 0.125. The summed E-state index contributed by atoms with van der Waals surface area (Å²) in [5, 5.41) is 1.89. The van der Waals surface area contributed by atoms with Gasteiger partial charge in [0.2, 0.25) is 5.91 Å². The van der Waals surface area contributed by atoms with E-state index in [0.29, 0.717) is 0 Å². The monoisotopic (exact) mass is 309 g/mol. The molecule has 2 rings (SSSR count). The number of thioether (sulfide) groups is 1. The molecule has 1 aliphatic heterocycles. The van der Waals surface area contributed by atoms with E-state index in [0.717, 1.165) is 5.03 Å². The average Bonchev–Trinajstić information content (AvgIpc) is 2.52. The van der Waals surface area contributed by atoms with Gasteiger partial charge >= 0.3 is 5.97 Å². The van der Waals surface area contributed by atoms with Crippen LogP contribution in [0.3, 0.4) is 0 Å². The van der Waals surface area contributed by atoms with Gasteiger partial charge in [-0.05, 0) is 12.1 Å². The highest BCUT2D eigenvalue weighted by Crippen LogP contribution is 2.17. The van der Waals surface area contributed by atoms with Gasteiger partial charge in [-0.25, -0.2) is 4.98 Å². The quantitative estimate of drug-likeness (QED) is 0.632. The molecule has 0 bridgehead atoms. The largest absolute Gasteiger partial charge is 0.469 e. The zero-order valence-corrected chi connectivity index (χ0v) is 12.3. The molecule has 1 aromatic rings. The van der Waals surface area contributed by atoms with Gasteiger partial charge in [0.1, 0.15) is 0 Å². The zero-order chi connectivity index (χ0) is 15.2. The molecule has 0 spiro atoms. The minimum Gasteiger partial charge on any atom is -0.469 e. The van der Waals surface area contributed by atoms with Crippen molar-refractivity contribution < 1.29 is 19.1 Å². The first-order valence-electron chi connectivity index (χ1n) is 6.31. The third-order valence-corrected chi connectivity index (χ3v) is 3.84. The van der Waals surface area contributed by atoms with Gasteiger partial charge in [0.15, 0.2) is 0 Å². The van der Waals surface area contributed by atoms with Crippen molar-refractivity contribution in [3.05, 3.63) is 24.4 Å². The second-order valence-electron chi connectivity index (χ2n) is 4.42. The zero-order valence-electron chi connectivity index (χ0n) is 11.4. The van der Waals surface area contributed by atoms with Crippen molar-refractivity contribution in [1.82, 2.24) is 15.4 Å². The third kappa shape index (κ3) is 4.19. The van der Waals surface area contributed by atoms with E-state index < -0.39 is 11.9 Å². The minimum atomic E-state index is -0.618. The Kier molecular flexibility index (Phi) is 5.15. The van der Waals surface area contributed by atoms with Crippen molar-refractivity contribution in [3.8, 4) is 0 Å². The molecule has 112 valence electrons. The number of carbonyl (C=O) groups excluding carboxylic acids is 3. The number of ether oxygens (including phenoxy) is 1. The molecule has 1 aliphatic rings. The number of aromatic nitrogens is 1. The number of nitrogens with zero attached hydrogens (tertiary/aromatic N) is 2. The van der Waals surface area contributed by atoms with Crippen LogP contribution in [0, 0.1) is 5.92 Å². The molecule has 1 fully saturated rings. The first-order chi connectivity index (χ1) is 10.1. The first-order valence-corrected chi connectivity index (χ1v) is 7.30. The second-order valence-corrected chi connectivity index (χ2v) is 5.42. The Bertz CT molecular complexity index is 537. The fraction of sp³-hybridized carbons (Fsp3) is 0.385. The van der Waals surface area contributed by atoms with E-state index in [-0.39, 0.29) is 30.5 Å². The maximum Gasteiger partial charge on any atom is 0.311 e. The first kappa shape index (κ1) is 15.3. The number of pyridine rings is 1. The van der Waals surface area contributed by atoms with Gasteiger partial charge in [-0.3, -0.25) is 24.8 Å². The Morgan fingerprint density at radius 2 is 2.33 bits per heavy atom. The van der Waals surface area contributed by atoms with Gasteiger partial charge in [0.05, 0.1) is 30.4 Å². The van der Waals surface area contributed by atoms with Crippen molar-refractivity contribution in [2.24, 2.45) is 5.92 Å². The van der Waals surface area contributed by atoms with Gasteiger partial charge in [0.25, 0.3) is 5.91 Å². The Morgan fingerprint density at radius 3 is 3.00 bits per heavy atom. The number of nitrogens with one attached hydrogen (secondary N) is 1. The van der Waals surface area contributed by atoms with Crippen LogP contribution in [0.25, 0.3) is 0 Å². The summed E-state index contributed by atoms with van der Waals surface area (Å²) in [5.41, 5.74) is 2.46. The van der Waals surface area contributed by atoms with Crippen molar-refractivity contribution in [2.45, 2.75) is 11.4 Å². The van der Waals surface area contributed by atoms with Crippen LogP contribution >= 0.6 is 11.8 Å². The maximum atomic E-state index is 12.1. The van der Waals surface area contributed by atoms with E-state index in [1.807, 2.05) is 6.07 Å². The Hall–Kier alpha value is -2.09. The molecule has 0 saturated carbocycles. The number of rotatable bonds is 4. The van der Waals surface area contributed by atoms with E-state index in [1.54, 1.807) is 18.3 Å². The highest BCUT2D eigenvalue weighted by molar-refractivity contribution is 7.99. The molecule has 8 heteroatoms. The molecule has 1 saturated heterocycles. The lowest BCUT2D eigenvalue weighted by Gasteiger charge is -2.31. The SMILES string of the molecule is COC(=O)[C@@H]1CC(=O)NN(C(=O)CSc2ccccn2)C1. The fourth-order valence-electron chi connectivity index (χ4n) is 1.89. The van der Waals surface area contributed by atoms with Gasteiger partial charge in [-0.15, -0.1) is 0 Å². The number of amides is 2. The molecule has 0 radical (unpaired) electrons. The van der Waals surface area contributed by atoms with Crippen molar-refractivity contribution in [3.63, 3.8) is 0 Å². The van der Waals surface area contributed by atoms with Crippen LogP contribution in [0.2, 0.25) is 0 Å². The van der Waals surface area contributed by atoms with E-state index in [2.05, 4.69) is 15.1 Å². The molecule has 0 aliphatic carbocycles. The highest BCUT2D eigenvalue weighted by Gasteiger charge is 2.33. The van der Waals surface area contributed by atoms with Gasteiger partial charge < -0.3 is 4.74 Å². The summed E-state index contributed by atoms with van der Waals surface area (Å²) in [4.78, 5) is 39.2. The van der Waals surface area contributed by atoms with E-state index >= 15 is 0 Å². The highest BCUT2D eigenvalue weighted by atomic mass is 32.2. The lowest BCUT2D eigenvalue weighted by Crippen LogP contribution is -2.55.